The van der Waals surface area contributed by atoms with Gasteiger partial charge in [0.2, 0.25) is 0 Å². The van der Waals surface area contributed by atoms with Crippen molar-refractivity contribution in [2.45, 2.75) is 13.0 Å². The zero-order valence-corrected chi connectivity index (χ0v) is 15.9. The Hall–Kier alpha value is -3.48. The van der Waals surface area contributed by atoms with E-state index >= 15 is 0 Å². The Morgan fingerprint density at radius 1 is 1.03 bits per heavy atom. The topological polar surface area (TPSA) is 64.6 Å². The molecule has 0 spiro atoms. The number of halogens is 2. The maximum atomic E-state index is 13.8. The third-order valence-electron chi connectivity index (χ3n) is 4.43. The van der Waals surface area contributed by atoms with Crippen molar-refractivity contribution >= 4 is 22.6 Å². The maximum absolute atomic E-state index is 13.8. The van der Waals surface area contributed by atoms with Gasteiger partial charge in [0.05, 0.1) is 13.2 Å². The van der Waals surface area contributed by atoms with Gasteiger partial charge in [-0.25, -0.2) is 13.6 Å². The van der Waals surface area contributed by atoms with Crippen LogP contribution in [0.2, 0.25) is 0 Å². The zero-order chi connectivity index (χ0) is 21.0. The highest BCUT2D eigenvalue weighted by molar-refractivity contribution is 5.99. The molecule has 0 bridgehead atoms. The Kier molecular flexibility index (Phi) is 6.07. The lowest BCUT2D eigenvalue weighted by molar-refractivity contribution is -0.124. The third-order valence-corrected chi connectivity index (χ3v) is 4.43. The molecule has 1 amide bonds. The second-order valence-electron chi connectivity index (χ2n) is 6.43. The number of hydrogen-bond acceptors (Lipinski definition) is 4. The van der Waals surface area contributed by atoms with Crippen molar-refractivity contribution in [2.75, 3.05) is 13.7 Å². The van der Waals surface area contributed by atoms with Gasteiger partial charge >= 0.3 is 5.97 Å². The molecule has 0 radical (unpaired) electrons. The summed E-state index contributed by atoms with van der Waals surface area (Å²) in [5.41, 5.74) is 0.318. The number of carbonyl (C=O) groups is 2. The maximum Gasteiger partial charge on any atom is 0.342 e. The van der Waals surface area contributed by atoms with Crippen LogP contribution in [0.3, 0.4) is 0 Å². The monoisotopic (exact) mass is 399 g/mol. The highest BCUT2D eigenvalue weighted by atomic mass is 19.1. The van der Waals surface area contributed by atoms with Crippen LogP contribution in [0.15, 0.2) is 54.6 Å². The number of methoxy groups -OCH3 is 1. The SMILES string of the molecule is COc1cc2ccccc2cc1C(=O)OCC(=O)N[C@@H](C)c1ccc(F)cc1F. The molecule has 0 heterocycles. The van der Waals surface area contributed by atoms with Crippen molar-refractivity contribution in [2.24, 2.45) is 0 Å². The minimum Gasteiger partial charge on any atom is -0.496 e. The predicted octanol–water partition coefficient (Wildman–Crippen LogP) is 4.16. The van der Waals surface area contributed by atoms with Gasteiger partial charge in [0.15, 0.2) is 6.61 Å². The van der Waals surface area contributed by atoms with Crippen LogP contribution < -0.4 is 10.1 Å². The summed E-state index contributed by atoms with van der Waals surface area (Å²) in [4.78, 5) is 24.5. The molecule has 0 aliphatic heterocycles. The first-order valence-corrected chi connectivity index (χ1v) is 8.87. The second-order valence-corrected chi connectivity index (χ2v) is 6.43. The molecule has 0 fully saturated rings. The second kappa shape index (κ2) is 8.68. The number of amides is 1. The molecule has 0 saturated heterocycles. The van der Waals surface area contributed by atoms with E-state index in [-0.39, 0.29) is 11.1 Å². The van der Waals surface area contributed by atoms with E-state index in [0.717, 1.165) is 22.9 Å². The van der Waals surface area contributed by atoms with E-state index in [1.165, 1.54) is 13.2 Å². The highest BCUT2D eigenvalue weighted by Gasteiger charge is 2.18. The van der Waals surface area contributed by atoms with Gasteiger partial charge in [-0.3, -0.25) is 4.79 Å². The lowest BCUT2D eigenvalue weighted by atomic mass is 10.1. The lowest BCUT2D eigenvalue weighted by Crippen LogP contribution is -2.31. The van der Waals surface area contributed by atoms with Crippen LogP contribution in [0, 0.1) is 11.6 Å². The predicted molar refractivity (Wildman–Crippen MR) is 104 cm³/mol. The van der Waals surface area contributed by atoms with Crippen molar-refractivity contribution in [1.29, 1.82) is 0 Å². The summed E-state index contributed by atoms with van der Waals surface area (Å²) in [5.74, 6) is -2.48. The largest absolute Gasteiger partial charge is 0.496 e. The van der Waals surface area contributed by atoms with E-state index in [2.05, 4.69) is 5.32 Å². The summed E-state index contributed by atoms with van der Waals surface area (Å²) in [7, 11) is 1.44. The number of rotatable bonds is 6. The molecule has 0 saturated carbocycles. The van der Waals surface area contributed by atoms with Crippen molar-refractivity contribution in [3.05, 3.63) is 77.4 Å². The molecule has 0 aliphatic rings. The fraction of sp³-hybridized carbons (Fsp3) is 0.182. The van der Waals surface area contributed by atoms with Crippen LogP contribution in [-0.2, 0) is 9.53 Å². The summed E-state index contributed by atoms with van der Waals surface area (Å²) in [6.45, 7) is 0.990. The summed E-state index contributed by atoms with van der Waals surface area (Å²) in [5, 5.41) is 4.23. The Bertz CT molecular complexity index is 1070. The van der Waals surface area contributed by atoms with Crippen molar-refractivity contribution in [3.63, 3.8) is 0 Å². The Morgan fingerprint density at radius 3 is 2.38 bits per heavy atom. The molecule has 0 aliphatic carbocycles. The zero-order valence-electron chi connectivity index (χ0n) is 15.9. The molecule has 1 N–H and O–H groups in total. The number of hydrogen-bond donors (Lipinski definition) is 1. The smallest absolute Gasteiger partial charge is 0.342 e. The molecule has 3 rings (SSSR count). The Morgan fingerprint density at radius 2 is 1.72 bits per heavy atom. The van der Waals surface area contributed by atoms with Gasteiger partial charge in [0.1, 0.15) is 22.9 Å². The summed E-state index contributed by atoms with van der Waals surface area (Å²) < 4.78 is 37.2. The number of carbonyl (C=O) groups excluding carboxylic acids is 2. The van der Waals surface area contributed by atoms with E-state index in [1.54, 1.807) is 19.1 Å². The number of esters is 1. The van der Waals surface area contributed by atoms with Crippen LogP contribution in [0.5, 0.6) is 5.75 Å². The quantitative estimate of drug-likeness (QED) is 0.632. The van der Waals surface area contributed by atoms with Gasteiger partial charge in [-0.05, 0) is 35.9 Å². The van der Waals surface area contributed by atoms with Crippen LogP contribution in [0.1, 0.15) is 28.9 Å². The van der Waals surface area contributed by atoms with Gasteiger partial charge in [-0.15, -0.1) is 0 Å². The molecular formula is C22H19F2NO4. The third kappa shape index (κ3) is 4.68. The number of benzene rings is 3. The van der Waals surface area contributed by atoms with Gasteiger partial charge in [-0.2, -0.15) is 0 Å². The van der Waals surface area contributed by atoms with Crippen molar-refractivity contribution < 1.29 is 27.8 Å². The number of nitrogens with one attached hydrogen (secondary N) is 1. The van der Waals surface area contributed by atoms with E-state index in [0.29, 0.717) is 5.75 Å². The highest BCUT2D eigenvalue weighted by Crippen LogP contribution is 2.26. The summed E-state index contributed by atoms with van der Waals surface area (Å²) in [6.07, 6.45) is 0. The van der Waals surface area contributed by atoms with Gasteiger partial charge in [0.25, 0.3) is 5.91 Å². The molecule has 0 aromatic heterocycles. The van der Waals surface area contributed by atoms with Gasteiger partial charge in [0, 0.05) is 11.6 Å². The molecule has 3 aromatic rings. The van der Waals surface area contributed by atoms with E-state index in [4.69, 9.17) is 9.47 Å². The van der Waals surface area contributed by atoms with Crippen LogP contribution in [0.4, 0.5) is 8.78 Å². The van der Waals surface area contributed by atoms with Crippen LogP contribution >= 0.6 is 0 Å². The molecule has 3 aromatic carbocycles. The first kappa shape index (κ1) is 20.3. The molecular weight excluding hydrogens is 380 g/mol. The molecule has 29 heavy (non-hydrogen) atoms. The first-order valence-electron chi connectivity index (χ1n) is 8.87. The Balaban J connectivity index is 1.65. The molecule has 5 nitrogen and oxygen atoms in total. The lowest BCUT2D eigenvalue weighted by Gasteiger charge is -2.15. The molecule has 1 atom stereocenters. The summed E-state index contributed by atoms with van der Waals surface area (Å²) in [6, 6.07) is 13.2. The fourth-order valence-corrected chi connectivity index (χ4v) is 2.97. The van der Waals surface area contributed by atoms with Gasteiger partial charge < -0.3 is 14.8 Å². The van der Waals surface area contributed by atoms with E-state index in [1.807, 2.05) is 24.3 Å². The molecule has 7 heteroatoms. The van der Waals surface area contributed by atoms with E-state index in [9.17, 15) is 18.4 Å². The van der Waals surface area contributed by atoms with Crippen LogP contribution in [-0.4, -0.2) is 25.6 Å². The Labute approximate surface area is 166 Å². The minimum absolute atomic E-state index is 0.127. The van der Waals surface area contributed by atoms with Gasteiger partial charge in [-0.1, -0.05) is 30.3 Å². The van der Waals surface area contributed by atoms with E-state index < -0.39 is 36.2 Å². The molecule has 0 unspecified atom stereocenters. The summed E-state index contributed by atoms with van der Waals surface area (Å²) >= 11 is 0. The normalized spacial score (nSPS) is 11.7. The minimum atomic E-state index is -0.768. The van der Waals surface area contributed by atoms with Crippen LogP contribution in [0.25, 0.3) is 10.8 Å². The van der Waals surface area contributed by atoms with Crippen molar-refractivity contribution in [3.8, 4) is 5.75 Å². The van der Waals surface area contributed by atoms with Crippen molar-refractivity contribution in [1.82, 2.24) is 5.32 Å². The first-order chi connectivity index (χ1) is 13.9. The molecule has 150 valence electrons. The standard InChI is InChI=1S/C22H19F2NO4/c1-13(17-8-7-16(23)11-19(17)24)25-21(26)12-29-22(27)18-9-14-5-3-4-6-15(14)10-20(18)28-2/h3-11,13H,12H2,1-2H3,(H,25,26)/t13-/m0/s1. The number of ether oxygens (including phenoxy) is 2. The number of fused-ring (bicyclic) bond motifs is 1. The fourth-order valence-electron chi connectivity index (χ4n) is 2.97. The average molecular weight is 399 g/mol. The average Bonchev–Trinajstić information content (AvgIpc) is 2.70.